The highest BCUT2D eigenvalue weighted by atomic mass is 16.5. The zero-order valence-corrected chi connectivity index (χ0v) is 9.96. The van der Waals surface area contributed by atoms with Gasteiger partial charge in [-0.1, -0.05) is 0 Å². The number of anilines is 1. The summed E-state index contributed by atoms with van der Waals surface area (Å²) in [6.45, 7) is 2.97. The Morgan fingerprint density at radius 2 is 2.44 bits per heavy atom. The van der Waals surface area contributed by atoms with E-state index in [9.17, 15) is 4.79 Å². The normalized spacial score (nSPS) is 19.3. The van der Waals surface area contributed by atoms with Crippen molar-refractivity contribution < 1.29 is 14.6 Å². The molecule has 0 radical (unpaired) electrons. The zero-order valence-electron chi connectivity index (χ0n) is 9.96. The lowest BCUT2D eigenvalue weighted by Gasteiger charge is -2.31. The number of nitriles is 1. The molecule has 1 aliphatic rings. The topological polar surface area (TPSA) is 86.5 Å². The number of hydrogen-bond donors (Lipinski definition) is 1. The molecule has 6 nitrogen and oxygen atoms in total. The highest BCUT2D eigenvalue weighted by molar-refractivity contribution is 5.73. The largest absolute Gasteiger partial charge is 0.479 e. The molecule has 0 aromatic carbocycles. The summed E-state index contributed by atoms with van der Waals surface area (Å²) in [6.07, 6.45) is -0.841. The van der Waals surface area contributed by atoms with Gasteiger partial charge in [0, 0.05) is 12.2 Å². The molecule has 94 valence electrons. The Kier molecular flexibility index (Phi) is 3.44. The number of aromatic nitrogens is 1. The third kappa shape index (κ3) is 2.57. The highest BCUT2D eigenvalue weighted by Gasteiger charge is 2.27. The number of carboxylic acid groups (broad SMARTS) is 1. The smallest absolute Gasteiger partial charge is 0.334 e. The first-order valence-electron chi connectivity index (χ1n) is 5.58. The van der Waals surface area contributed by atoms with E-state index in [0.29, 0.717) is 24.5 Å². The fraction of sp³-hybridized carbons (Fsp3) is 0.417. The molecule has 1 fully saturated rings. The summed E-state index contributed by atoms with van der Waals surface area (Å²) in [6, 6.07) is 5.42. The Labute approximate surface area is 104 Å². The summed E-state index contributed by atoms with van der Waals surface area (Å²) in [4.78, 5) is 17.1. The SMILES string of the molecule is Cc1cc(C#N)cc(N2CCOC(C(=O)O)C2)n1. The molecule has 0 bridgehead atoms. The number of aryl methyl sites for hydroxylation is 1. The number of nitrogens with zero attached hydrogens (tertiary/aromatic N) is 3. The van der Waals surface area contributed by atoms with Crippen molar-refractivity contribution in [1.82, 2.24) is 4.98 Å². The molecule has 1 aromatic heterocycles. The Morgan fingerprint density at radius 3 is 3.11 bits per heavy atom. The van der Waals surface area contributed by atoms with Crippen molar-refractivity contribution in [2.24, 2.45) is 0 Å². The van der Waals surface area contributed by atoms with E-state index in [4.69, 9.17) is 15.1 Å². The van der Waals surface area contributed by atoms with Crippen LogP contribution in [0.2, 0.25) is 0 Å². The summed E-state index contributed by atoms with van der Waals surface area (Å²) in [5.41, 5.74) is 1.26. The monoisotopic (exact) mass is 247 g/mol. The molecule has 1 atom stereocenters. The van der Waals surface area contributed by atoms with Crippen molar-refractivity contribution in [1.29, 1.82) is 5.26 Å². The first-order valence-corrected chi connectivity index (χ1v) is 5.58. The molecule has 18 heavy (non-hydrogen) atoms. The maximum Gasteiger partial charge on any atom is 0.334 e. The van der Waals surface area contributed by atoms with Gasteiger partial charge in [0.25, 0.3) is 0 Å². The second-order valence-corrected chi connectivity index (χ2v) is 4.11. The number of carboxylic acids is 1. The molecule has 1 unspecified atom stereocenters. The standard InChI is InChI=1S/C12H13N3O3/c1-8-4-9(6-13)5-11(14-8)15-2-3-18-10(7-15)12(16)17/h4-5,10H,2-3,7H2,1H3,(H,16,17). The summed E-state index contributed by atoms with van der Waals surface area (Å²) in [7, 11) is 0. The van der Waals surface area contributed by atoms with Gasteiger partial charge in [-0.15, -0.1) is 0 Å². The van der Waals surface area contributed by atoms with Crippen molar-refractivity contribution in [2.45, 2.75) is 13.0 Å². The predicted molar refractivity (Wildman–Crippen MR) is 63.3 cm³/mol. The maximum atomic E-state index is 10.9. The molecule has 1 aromatic rings. The molecule has 2 rings (SSSR count). The minimum absolute atomic E-state index is 0.247. The van der Waals surface area contributed by atoms with E-state index in [1.807, 2.05) is 4.90 Å². The van der Waals surface area contributed by atoms with Crippen LogP contribution in [-0.2, 0) is 9.53 Å². The molecule has 1 aliphatic heterocycles. The second kappa shape index (κ2) is 5.02. The summed E-state index contributed by atoms with van der Waals surface area (Å²) >= 11 is 0. The lowest BCUT2D eigenvalue weighted by atomic mass is 10.2. The van der Waals surface area contributed by atoms with Gasteiger partial charge in [-0.25, -0.2) is 9.78 Å². The molecule has 0 amide bonds. The van der Waals surface area contributed by atoms with Crippen LogP contribution in [0.15, 0.2) is 12.1 Å². The van der Waals surface area contributed by atoms with Gasteiger partial charge in [0.2, 0.25) is 0 Å². The van der Waals surface area contributed by atoms with Crippen LogP contribution in [0.5, 0.6) is 0 Å². The molecule has 1 saturated heterocycles. The predicted octanol–water partition coefficient (Wildman–Crippen LogP) is 0.551. The van der Waals surface area contributed by atoms with Crippen LogP contribution in [0, 0.1) is 18.3 Å². The number of carbonyl (C=O) groups is 1. The van der Waals surface area contributed by atoms with Gasteiger partial charge in [-0.2, -0.15) is 5.26 Å². The Morgan fingerprint density at radius 1 is 1.67 bits per heavy atom. The van der Waals surface area contributed by atoms with Gasteiger partial charge in [-0.05, 0) is 19.1 Å². The fourth-order valence-electron chi connectivity index (χ4n) is 1.88. The molecule has 6 heteroatoms. The number of aliphatic carboxylic acids is 1. The van der Waals surface area contributed by atoms with E-state index in [-0.39, 0.29) is 6.54 Å². The quantitative estimate of drug-likeness (QED) is 0.821. The minimum atomic E-state index is -0.979. The third-order valence-electron chi connectivity index (χ3n) is 2.73. The van der Waals surface area contributed by atoms with E-state index in [1.165, 1.54) is 0 Å². The third-order valence-corrected chi connectivity index (χ3v) is 2.73. The lowest BCUT2D eigenvalue weighted by Crippen LogP contribution is -2.46. The average Bonchev–Trinajstić information content (AvgIpc) is 2.38. The molecular formula is C12H13N3O3. The van der Waals surface area contributed by atoms with Crippen LogP contribution >= 0.6 is 0 Å². The van der Waals surface area contributed by atoms with Crippen molar-refractivity contribution >= 4 is 11.8 Å². The van der Waals surface area contributed by atoms with Crippen molar-refractivity contribution in [2.75, 3.05) is 24.6 Å². The summed E-state index contributed by atoms with van der Waals surface area (Å²) < 4.78 is 5.14. The highest BCUT2D eigenvalue weighted by Crippen LogP contribution is 2.17. The lowest BCUT2D eigenvalue weighted by molar-refractivity contribution is -0.150. The van der Waals surface area contributed by atoms with Crippen LogP contribution in [0.3, 0.4) is 0 Å². The minimum Gasteiger partial charge on any atom is -0.479 e. The number of morpholine rings is 1. The summed E-state index contributed by atoms with van der Waals surface area (Å²) in [5, 5.41) is 17.8. The van der Waals surface area contributed by atoms with E-state index in [1.54, 1.807) is 19.1 Å². The number of rotatable bonds is 2. The molecular weight excluding hydrogens is 234 g/mol. The van der Waals surface area contributed by atoms with Crippen LogP contribution < -0.4 is 4.90 Å². The van der Waals surface area contributed by atoms with E-state index < -0.39 is 12.1 Å². The van der Waals surface area contributed by atoms with E-state index in [2.05, 4.69) is 11.1 Å². The van der Waals surface area contributed by atoms with Crippen LogP contribution in [0.1, 0.15) is 11.3 Å². The van der Waals surface area contributed by atoms with Crippen LogP contribution in [0.4, 0.5) is 5.82 Å². The van der Waals surface area contributed by atoms with Crippen molar-refractivity contribution in [3.05, 3.63) is 23.4 Å². The Bertz CT molecular complexity index is 510. The fourth-order valence-corrected chi connectivity index (χ4v) is 1.88. The maximum absolute atomic E-state index is 10.9. The van der Waals surface area contributed by atoms with Crippen LogP contribution in [0.25, 0.3) is 0 Å². The van der Waals surface area contributed by atoms with Gasteiger partial charge in [0.15, 0.2) is 6.10 Å². The Hall–Kier alpha value is -2.13. The molecule has 0 spiro atoms. The van der Waals surface area contributed by atoms with Gasteiger partial charge < -0.3 is 14.7 Å². The van der Waals surface area contributed by atoms with E-state index >= 15 is 0 Å². The molecule has 0 aliphatic carbocycles. The molecule has 1 N–H and O–H groups in total. The van der Waals surface area contributed by atoms with Gasteiger partial charge in [-0.3, -0.25) is 0 Å². The first kappa shape index (κ1) is 12.3. The van der Waals surface area contributed by atoms with Gasteiger partial charge >= 0.3 is 5.97 Å². The molecule has 2 heterocycles. The van der Waals surface area contributed by atoms with Gasteiger partial charge in [0.05, 0.1) is 24.8 Å². The van der Waals surface area contributed by atoms with Crippen molar-refractivity contribution in [3.63, 3.8) is 0 Å². The average molecular weight is 247 g/mol. The number of pyridine rings is 1. The van der Waals surface area contributed by atoms with Crippen LogP contribution in [-0.4, -0.2) is 41.9 Å². The second-order valence-electron chi connectivity index (χ2n) is 4.11. The first-order chi connectivity index (χ1) is 8.60. The molecule has 0 saturated carbocycles. The van der Waals surface area contributed by atoms with E-state index in [0.717, 1.165) is 5.69 Å². The van der Waals surface area contributed by atoms with Gasteiger partial charge in [0.1, 0.15) is 5.82 Å². The number of ether oxygens (including phenoxy) is 1. The zero-order chi connectivity index (χ0) is 13.1. The summed E-state index contributed by atoms with van der Waals surface area (Å²) in [5.74, 6) is -0.353. The van der Waals surface area contributed by atoms with Crippen molar-refractivity contribution in [3.8, 4) is 6.07 Å². The number of hydrogen-bond acceptors (Lipinski definition) is 5. The Balaban J connectivity index is 2.23.